The predicted octanol–water partition coefficient (Wildman–Crippen LogP) is 6.56. The summed E-state index contributed by atoms with van der Waals surface area (Å²) in [6, 6.07) is 11.9. The van der Waals surface area contributed by atoms with E-state index in [1.165, 1.54) is 12.3 Å². The molecule has 0 saturated carbocycles. The van der Waals surface area contributed by atoms with Crippen LogP contribution in [0.15, 0.2) is 59.6 Å². The molecule has 2 saturated heterocycles. The Morgan fingerprint density at radius 2 is 1.79 bits per heavy atom. The minimum atomic E-state index is -3.61. The van der Waals surface area contributed by atoms with Crippen molar-refractivity contribution in [2.24, 2.45) is 0 Å². The highest BCUT2D eigenvalue weighted by Crippen LogP contribution is 2.40. The molecule has 4 heterocycles. The van der Waals surface area contributed by atoms with Gasteiger partial charge in [0.15, 0.2) is 21.9 Å². The number of halogens is 2. The highest BCUT2D eigenvalue weighted by atomic mass is 35.5. The van der Waals surface area contributed by atoms with Gasteiger partial charge in [-0.15, -0.1) is 0 Å². The van der Waals surface area contributed by atoms with Crippen molar-refractivity contribution < 1.29 is 36.7 Å². The fourth-order valence-corrected chi connectivity index (χ4v) is 9.91. The molecule has 7 rings (SSSR count). The number of aldehydes is 1. The first-order chi connectivity index (χ1) is 29.9. The van der Waals surface area contributed by atoms with Crippen LogP contribution in [0.2, 0.25) is 5.02 Å². The number of benzene rings is 3. The lowest BCUT2D eigenvalue weighted by Crippen LogP contribution is -2.52. The van der Waals surface area contributed by atoms with E-state index in [0.717, 1.165) is 37.2 Å². The number of fused-ring (bicyclic) bond motifs is 1. The van der Waals surface area contributed by atoms with Crippen LogP contribution in [-0.4, -0.2) is 95.6 Å². The van der Waals surface area contributed by atoms with Crippen LogP contribution >= 0.6 is 11.6 Å². The molecule has 3 aliphatic heterocycles. The number of hydrogen-bond donors (Lipinski definition) is 3. The number of carbonyl (C=O) groups is 4. The monoisotopic (exact) mass is 902 g/mol. The standard InChI is InChI=1S/C45H52ClFN8O7S/c1-25(2)62-39-20-37(27(5)17-35(39)50-45-48-21-32(46)43(52-45)49-34-9-7-8-10-40(34)63(60,61)26(3)4)54-15-13-30(14-16-54)53(6)22-29-18-31-28(19-33(29)47)23-55(42(31)38(57)24-56)36-11-12-41(58)51-44(36)59/h7-10,17-21,24-26,30,36,42H,11-16,22-23H2,1-6H3,(H,51,58,59)(H2,48,49,50,52). The SMILES string of the molecule is Cc1cc(Nc2ncc(Cl)c(Nc3ccccc3S(=O)(=O)C(C)C)n2)c(OC(C)C)cc1N1CCC(N(C)Cc2cc3c(cc2F)CN(C2CCC(=O)NC2=O)C3C(=O)C=O)CC1. The Kier molecular flexibility index (Phi) is 13.5. The van der Waals surface area contributed by atoms with Gasteiger partial charge >= 0.3 is 0 Å². The summed E-state index contributed by atoms with van der Waals surface area (Å²) in [5.41, 5.74) is 4.37. The molecule has 2 fully saturated rings. The summed E-state index contributed by atoms with van der Waals surface area (Å²) < 4.78 is 48.2. The summed E-state index contributed by atoms with van der Waals surface area (Å²) in [4.78, 5) is 64.5. The summed E-state index contributed by atoms with van der Waals surface area (Å²) in [6.07, 6.45) is 3.40. The fourth-order valence-electron chi connectivity index (χ4n) is 8.57. The Bertz CT molecular complexity index is 2550. The van der Waals surface area contributed by atoms with E-state index in [2.05, 4.69) is 35.7 Å². The molecule has 1 aromatic heterocycles. The molecule has 0 aliphatic carbocycles. The zero-order chi connectivity index (χ0) is 45.3. The quantitative estimate of drug-likeness (QED) is 0.0662. The highest BCUT2D eigenvalue weighted by Gasteiger charge is 2.44. The third kappa shape index (κ3) is 9.71. The smallest absolute Gasteiger partial charge is 0.243 e. The Labute approximate surface area is 371 Å². The van der Waals surface area contributed by atoms with Gasteiger partial charge in [-0.05, 0) is 108 Å². The molecular weight excluding hydrogens is 851 g/mol. The van der Waals surface area contributed by atoms with Crippen molar-refractivity contribution in [3.05, 3.63) is 87.8 Å². The first kappa shape index (κ1) is 45.5. The number of rotatable bonds is 15. The van der Waals surface area contributed by atoms with E-state index in [-0.39, 0.29) is 66.0 Å². The summed E-state index contributed by atoms with van der Waals surface area (Å²) in [5.74, 6) is -1.05. The van der Waals surface area contributed by atoms with E-state index >= 15 is 4.39 Å². The molecular formula is C45H52ClFN8O7S. The van der Waals surface area contributed by atoms with Crippen molar-refractivity contribution in [3.63, 3.8) is 0 Å². The van der Waals surface area contributed by atoms with E-state index in [0.29, 0.717) is 33.8 Å². The molecule has 4 aromatic rings. The number of hydrogen-bond acceptors (Lipinski definition) is 14. The predicted molar refractivity (Wildman–Crippen MR) is 238 cm³/mol. The van der Waals surface area contributed by atoms with Crippen LogP contribution in [0.4, 0.5) is 33.2 Å². The lowest BCUT2D eigenvalue weighted by atomic mass is 9.96. The Hall–Kier alpha value is -5.49. The first-order valence-corrected chi connectivity index (χ1v) is 22.9. The van der Waals surface area contributed by atoms with Gasteiger partial charge in [-0.3, -0.25) is 34.3 Å². The highest BCUT2D eigenvalue weighted by molar-refractivity contribution is 7.92. The van der Waals surface area contributed by atoms with Crippen molar-refractivity contribution >= 4 is 74.2 Å². The average molecular weight is 903 g/mol. The number of anilines is 5. The molecule has 18 heteroatoms. The largest absolute Gasteiger partial charge is 0.489 e. The second kappa shape index (κ2) is 18.7. The van der Waals surface area contributed by atoms with Crippen LogP contribution in [0.25, 0.3) is 0 Å². The number of aryl methyl sites for hydroxylation is 1. The van der Waals surface area contributed by atoms with Crippen LogP contribution in [0.1, 0.15) is 81.7 Å². The normalized spacial score (nSPS) is 18.5. The molecule has 334 valence electrons. The van der Waals surface area contributed by atoms with E-state index in [1.807, 2.05) is 40.0 Å². The molecule has 2 atom stereocenters. The molecule has 0 bridgehead atoms. The molecule has 15 nitrogen and oxygen atoms in total. The summed E-state index contributed by atoms with van der Waals surface area (Å²) in [6.45, 7) is 11.0. The van der Waals surface area contributed by atoms with Crippen LogP contribution < -0.4 is 25.6 Å². The third-order valence-corrected chi connectivity index (χ3v) is 14.3. The maximum absolute atomic E-state index is 15.7. The van der Waals surface area contributed by atoms with Gasteiger partial charge in [-0.1, -0.05) is 23.7 Å². The van der Waals surface area contributed by atoms with Crippen molar-refractivity contribution in [2.75, 3.05) is 35.7 Å². The second-order valence-corrected chi connectivity index (χ2v) is 19.7. The van der Waals surface area contributed by atoms with E-state index in [9.17, 15) is 27.6 Å². The van der Waals surface area contributed by atoms with Crippen molar-refractivity contribution in [2.45, 2.75) is 108 Å². The second-order valence-electron chi connectivity index (χ2n) is 16.9. The molecule has 0 spiro atoms. The van der Waals surface area contributed by atoms with Gasteiger partial charge in [0.25, 0.3) is 0 Å². The minimum Gasteiger partial charge on any atom is -0.489 e. The number of aromatic nitrogens is 2. The van der Waals surface area contributed by atoms with Gasteiger partial charge in [0.2, 0.25) is 23.5 Å². The number of piperidine rings is 2. The van der Waals surface area contributed by atoms with Crippen LogP contribution in [-0.2, 0) is 42.1 Å². The van der Waals surface area contributed by atoms with Crippen molar-refractivity contribution in [3.8, 4) is 5.75 Å². The first-order valence-electron chi connectivity index (χ1n) is 21.0. The van der Waals surface area contributed by atoms with E-state index in [4.69, 9.17) is 16.3 Å². The fraction of sp³-hybridized carbons (Fsp3) is 0.422. The third-order valence-electron chi connectivity index (χ3n) is 11.9. The zero-order valence-electron chi connectivity index (χ0n) is 36.1. The van der Waals surface area contributed by atoms with Crippen molar-refractivity contribution in [1.29, 1.82) is 0 Å². The van der Waals surface area contributed by atoms with Gasteiger partial charge in [0, 0.05) is 56.0 Å². The Balaban J connectivity index is 1.04. The summed E-state index contributed by atoms with van der Waals surface area (Å²) in [7, 11) is -1.66. The Morgan fingerprint density at radius 1 is 1.06 bits per heavy atom. The number of Topliss-reactive ketones (excluding diaryl/α,β-unsaturated/α-hetero) is 1. The average Bonchev–Trinajstić information content (AvgIpc) is 3.60. The van der Waals surface area contributed by atoms with E-state index in [1.54, 1.807) is 49.1 Å². The summed E-state index contributed by atoms with van der Waals surface area (Å²) in [5, 5.41) is 8.25. The number of nitrogens with zero attached hydrogens (tertiary/aromatic N) is 5. The number of sulfone groups is 1. The van der Waals surface area contributed by atoms with Gasteiger partial charge in [-0.25, -0.2) is 17.8 Å². The van der Waals surface area contributed by atoms with E-state index < -0.39 is 50.6 Å². The lowest BCUT2D eigenvalue weighted by Gasteiger charge is -2.39. The van der Waals surface area contributed by atoms with Crippen molar-refractivity contribution in [1.82, 2.24) is 25.1 Å². The van der Waals surface area contributed by atoms with Gasteiger partial charge < -0.3 is 20.3 Å². The molecule has 3 N–H and O–H groups in total. The summed E-state index contributed by atoms with van der Waals surface area (Å²) >= 11 is 6.51. The van der Waals surface area contributed by atoms with Gasteiger partial charge in [0.05, 0.1) is 39.9 Å². The number of ketones is 1. The van der Waals surface area contributed by atoms with Crippen LogP contribution in [0.3, 0.4) is 0 Å². The number of carbonyl (C=O) groups excluding carboxylic acids is 4. The maximum atomic E-state index is 15.7. The van der Waals surface area contributed by atoms with Gasteiger partial charge in [0.1, 0.15) is 22.6 Å². The topological polar surface area (TPSA) is 183 Å². The maximum Gasteiger partial charge on any atom is 0.243 e. The van der Waals surface area contributed by atoms with Gasteiger partial charge in [-0.2, -0.15) is 4.98 Å². The number of para-hydroxylation sites is 1. The number of amides is 2. The number of imide groups is 1. The lowest BCUT2D eigenvalue weighted by molar-refractivity contribution is -0.141. The number of ether oxygens (including phenoxy) is 1. The Morgan fingerprint density at radius 3 is 2.48 bits per heavy atom. The number of nitrogens with one attached hydrogen (secondary N) is 3. The van der Waals surface area contributed by atoms with Crippen LogP contribution in [0.5, 0.6) is 5.75 Å². The minimum absolute atomic E-state index is 0.106. The molecule has 2 unspecified atom stereocenters. The molecule has 2 amide bonds. The molecule has 3 aromatic carbocycles. The van der Waals surface area contributed by atoms with Crippen LogP contribution in [0, 0.1) is 12.7 Å². The molecule has 0 radical (unpaired) electrons. The molecule has 3 aliphatic rings. The zero-order valence-corrected chi connectivity index (χ0v) is 37.6. The molecule has 63 heavy (non-hydrogen) atoms.